The van der Waals surface area contributed by atoms with Crippen molar-refractivity contribution in [3.05, 3.63) is 53.0 Å². The highest BCUT2D eigenvalue weighted by molar-refractivity contribution is 7.18. The Balaban J connectivity index is 1.29. The van der Waals surface area contributed by atoms with Gasteiger partial charge in [-0.05, 0) is 49.6 Å². The van der Waals surface area contributed by atoms with E-state index in [1.165, 1.54) is 0 Å². The summed E-state index contributed by atoms with van der Waals surface area (Å²) in [5, 5.41) is 4.19. The van der Waals surface area contributed by atoms with Crippen LogP contribution in [-0.2, 0) is 6.42 Å². The van der Waals surface area contributed by atoms with Gasteiger partial charge in [-0.3, -0.25) is 4.79 Å². The molecule has 2 aromatic carbocycles. The molecule has 1 aliphatic heterocycles. The second-order valence-electron chi connectivity index (χ2n) is 7.31. The summed E-state index contributed by atoms with van der Waals surface area (Å²) in [6.07, 6.45) is 2.98. The fourth-order valence-corrected chi connectivity index (χ4v) is 4.81. The van der Waals surface area contributed by atoms with E-state index in [2.05, 4.69) is 27.1 Å². The molecule has 1 unspecified atom stereocenters. The number of hydrogen-bond acceptors (Lipinski definition) is 6. The predicted octanol–water partition coefficient (Wildman–Crippen LogP) is 4.40. The highest BCUT2D eigenvalue weighted by Crippen LogP contribution is 2.28. The second-order valence-corrected chi connectivity index (χ2v) is 8.42. The highest BCUT2D eigenvalue weighted by atomic mass is 32.1. The number of aromatic nitrogens is 2. The van der Waals surface area contributed by atoms with Crippen molar-refractivity contribution < 1.29 is 9.21 Å². The molecule has 0 bridgehead atoms. The van der Waals surface area contributed by atoms with E-state index in [0.717, 1.165) is 52.1 Å². The summed E-state index contributed by atoms with van der Waals surface area (Å²) >= 11 is 1.65. The highest BCUT2D eigenvalue weighted by Gasteiger charge is 2.28. The van der Waals surface area contributed by atoms with Crippen molar-refractivity contribution >= 4 is 44.6 Å². The Hall–Kier alpha value is -2.93. The van der Waals surface area contributed by atoms with E-state index in [-0.39, 0.29) is 11.9 Å². The van der Waals surface area contributed by atoms with Crippen LogP contribution in [0.15, 0.2) is 46.9 Å². The minimum atomic E-state index is -0.0530. The minimum absolute atomic E-state index is 0.0530. The van der Waals surface area contributed by atoms with E-state index in [4.69, 9.17) is 4.42 Å². The van der Waals surface area contributed by atoms with Gasteiger partial charge in [-0.25, -0.2) is 4.98 Å². The van der Waals surface area contributed by atoms with Gasteiger partial charge in [-0.1, -0.05) is 19.1 Å². The van der Waals surface area contributed by atoms with Gasteiger partial charge < -0.3 is 14.6 Å². The van der Waals surface area contributed by atoms with Crippen molar-refractivity contribution in [3.63, 3.8) is 0 Å². The van der Waals surface area contributed by atoms with Crippen molar-refractivity contribution in [2.24, 2.45) is 0 Å². The van der Waals surface area contributed by atoms with Crippen LogP contribution in [0.1, 0.15) is 35.1 Å². The van der Waals surface area contributed by atoms with Gasteiger partial charge in [0.25, 0.3) is 11.9 Å². The molecule has 0 spiro atoms. The van der Waals surface area contributed by atoms with Gasteiger partial charge in [-0.2, -0.15) is 4.98 Å². The number of nitrogens with one attached hydrogen (secondary N) is 1. The van der Waals surface area contributed by atoms with Gasteiger partial charge >= 0.3 is 0 Å². The van der Waals surface area contributed by atoms with Gasteiger partial charge in [0.15, 0.2) is 5.58 Å². The SMILES string of the molecule is CCc1nc2ccc(C(=O)NCC3CCCN3c3nc4ccccc4o3)cc2s1. The third-order valence-electron chi connectivity index (χ3n) is 5.40. The average Bonchev–Trinajstić information content (AvgIpc) is 3.47. The fourth-order valence-electron chi connectivity index (χ4n) is 3.86. The number of nitrogens with zero attached hydrogens (tertiary/aromatic N) is 3. The molecule has 5 rings (SSSR count). The number of carbonyl (C=O) groups is 1. The summed E-state index contributed by atoms with van der Waals surface area (Å²) in [5.41, 5.74) is 3.29. The lowest BCUT2D eigenvalue weighted by molar-refractivity contribution is 0.0951. The number of para-hydroxylation sites is 2. The molecule has 0 saturated carbocycles. The predicted molar refractivity (Wildman–Crippen MR) is 116 cm³/mol. The third-order valence-corrected chi connectivity index (χ3v) is 6.56. The van der Waals surface area contributed by atoms with Gasteiger partial charge in [0.05, 0.1) is 21.3 Å². The van der Waals surface area contributed by atoms with Gasteiger partial charge in [0.2, 0.25) is 0 Å². The third kappa shape index (κ3) is 3.46. The average molecular weight is 407 g/mol. The molecule has 7 heteroatoms. The monoisotopic (exact) mass is 406 g/mol. The Bertz CT molecular complexity index is 1150. The fraction of sp³-hybridized carbons (Fsp3) is 0.318. The first-order chi connectivity index (χ1) is 14.2. The first-order valence-corrected chi connectivity index (χ1v) is 10.8. The van der Waals surface area contributed by atoms with Crippen LogP contribution in [-0.4, -0.2) is 35.0 Å². The van der Waals surface area contributed by atoms with Crippen LogP contribution in [0.5, 0.6) is 0 Å². The maximum absolute atomic E-state index is 12.7. The van der Waals surface area contributed by atoms with E-state index in [1.54, 1.807) is 11.3 Å². The molecule has 1 atom stereocenters. The number of amides is 1. The van der Waals surface area contributed by atoms with E-state index < -0.39 is 0 Å². The van der Waals surface area contributed by atoms with Crippen LogP contribution in [0.25, 0.3) is 21.3 Å². The van der Waals surface area contributed by atoms with E-state index in [1.807, 2.05) is 42.5 Å². The zero-order chi connectivity index (χ0) is 19.8. The van der Waals surface area contributed by atoms with Crippen LogP contribution in [0.2, 0.25) is 0 Å². The number of anilines is 1. The van der Waals surface area contributed by atoms with Crippen molar-refractivity contribution in [3.8, 4) is 0 Å². The first kappa shape index (κ1) is 18.1. The number of benzene rings is 2. The maximum Gasteiger partial charge on any atom is 0.298 e. The van der Waals surface area contributed by atoms with Crippen molar-refractivity contribution in [1.82, 2.24) is 15.3 Å². The Morgan fingerprint density at radius 3 is 3.00 bits per heavy atom. The first-order valence-electron chi connectivity index (χ1n) is 10.0. The Morgan fingerprint density at radius 1 is 1.24 bits per heavy atom. The number of carbonyl (C=O) groups excluding carboxylic acids is 1. The number of hydrogen-bond donors (Lipinski definition) is 1. The van der Waals surface area contributed by atoms with Crippen LogP contribution >= 0.6 is 11.3 Å². The number of thiazole rings is 1. The summed E-state index contributed by atoms with van der Waals surface area (Å²) in [4.78, 5) is 24.1. The molecule has 3 heterocycles. The zero-order valence-electron chi connectivity index (χ0n) is 16.2. The molecule has 0 radical (unpaired) electrons. The summed E-state index contributed by atoms with van der Waals surface area (Å²) in [6.45, 7) is 3.55. The Kier molecular flexibility index (Phi) is 4.67. The normalized spacial score (nSPS) is 16.7. The molecule has 2 aromatic heterocycles. The largest absolute Gasteiger partial charge is 0.423 e. The van der Waals surface area contributed by atoms with Gasteiger partial charge in [0.1, 0.15) is 5.52 Å². The Morgan fingerprint density at radius 2 is 2.14 bits per heavy atom. The van der Waals surface area contributed by atoms with Crippen molar-refractivity contribution in [2.45, 2.75) is 32.2 Å². The van der Waals surface area contributed by atoms with Gasteiger partial charge in [-0.15, -0.1) is 11.3 Å². The minimum Gasteiger partial charge on any atom is -0.423 e. The maximum atomic E-state index is 12.7. The Labute approximate surface area is 172 Å². The lowest BCUT2D eigenvalue weighted by Gasteiger charge is -2.23. The molecule has 4 aromatic rings. The van der Waals surface area contributed by atoms with Gasteiger partial charge in [0, 0.05) is 18.7 Å². The van der Waals surface area contributed by atoms with E-state index >= 15 is 0 Å². The molecule has 1 amide bonds. The van der Waals surface area contributed by atoms with E-state index in [0.29, 0.717) is 18.1 Å². The lowest BCUT2D eigenvalue weighted by Crippen LogP contribution is -2.40. The topological polar surface area (TPSA) is 71.3 Å². The summed E-state index contributed by atoms with van der Waals surface area (Å²) in [5.74, 6) is -0.0530. The smallest absolute Gasteiger partial charge is 0.298 e. The molecule has 29 heavy (non-hydrogen) atoms. The molecule has 6 nitrogen and oxygen atoms in total. The molecule has 0 aliphatic carbocycles. The summed E-state index contributed by atoms with van der Waals surface area (Å²) in [7, 11) is 0. The summed E-state index contributed by atoms with van der Waals surface area (Å²) in [6, 6.07) is 14.3. The molecule has 1 saturated heterocycles. The van der Waals surface area contributed by atoms with Crippen molar-refractivity contribution in [1.29, 1.82) is 0 Å². The molecule has 1 fully saturated rings. The molecular formula is C22H22N4O2S. The number of oxazole rings is 1. The molecule has 1 aliphatic rings. The van der Waals surface area contributed by atoms with Crippen LogP contribution in [0.3, 0.4) is 0 Å². The summed E-state index contributed by atoms with van der Waals surface area (Å²) < 4.78 is 6.99. The molecule has 148 valence electrons. The molecular weight excluding hydrogens is 384 g/mol. The van der Waals surface area contributed by atoms with Crippen LogP contribution in [0, 0.1) is 0 Å². The van der Waals surface area contributed by atoms with E-state index in [9.17, 15) is 4.79 Å². The standard InChI is InChI=1S/C22H22N4O2S/c1-2-20-24-17-10-9-14(12-19(17)29-20)21(27)23-13-15-6-5-11-26(15)22-25-16-7-3-4-8-18(16)28-22/h3-4,7-10,12,15H,2,5-6,11,13H2,1H3,(H,23,27). The quantitative estimate of drug-likeness (QED) is 0.532. The van der Waals surface area contributed by atoms with Crippen LogP contribution in [0.4, 0.5) is 6.01 Å². The molecule has 1 N–H and O–H groups in total. The van der Waals surface area contributed by atoms with Crippen molar-refractivity contribution in [2.75, 3.05) is 18.0 Å². The lowest BCUT2D eigenvalue weighted by atomic mass is 10.2. The second kappa shape index (κ2) is 7.48. The number of aryl methyl sites for hydroxylation is 1. The van der Waals surface area contributed by atoms with Crippen LogP contribution < -0.4 is 10.2 Å². The number of rotatable bonds is 5. The number of fused-ring (bicyclic) bond motifs is 2. The zero-order valence-corrected chi connectivity index (χ0v) is 17.0.